The molecule has 0 unspecified atom stereocenters. The van der Waals surface area contributed by atoms with E-state index in [1.807, 2.05) is 18.2 Å². The maximum Gasteiger partial charge on any atom is 0.251 e. The Morgan fingerprint density at radius 3 is 2.89 bits per heavy atom. The number of hydrogen-bond donors (Lipinski definition) is 1. The Labute approximate surface area is 108 Å². The monoisotopic (exact) mass is 245 g/mol. The highest BCUT2D eigenvalue weighted by Crippen LogP contribution is 2.26. The van der Waals surface area contributed by atoms with Crippen molar-refractivity contribution in [2.24, 2.45) is 0 Å². The van der Waals surface area contributed by atoms with Gasteiger partial charge in [0.25, 0.3) is 5.91 Å². The lowest BCUT2D eigenvalue weighted by atomic mass is 10.0. The van der Waals surface area contributed by atoms with Crippen molar-refractivity contribution in [1.29, 1.82) is 0 Å². The summed E-state index contributed by atoms with van der Waals surface area (Å²) in [6.07, 6.45) is 6.78. The first-order chi connectivity index (χ1) is 8.83. The molecular formula is C15H19NO2. The molecule has 1 amide bonds. The molecule has 0 radical (unpaired) electrons. The van der Waals surface area contributed by atoms with Crippen LogP contribution in [0.3, 0.4) is 0 Å². The van der Waals surface area contributed by atoms with Crippen LogP contribution in [0.4, 0.5) is 0 Å². The van der Waals surface area contributed by atoms with E-state index in [4.69, 9.17) is 4.74 Å². The van der Waals surface area contributed by atoms with Gasteiger partial charge >= 0.3 is 0 Å². The molecule has 2 aliphatic rings. The first-order valence-corrected chi connectivity index (χ1v) is 6.89. The molecule has 96 valence electrons. The second-order valence-corrected chi connectivity index (χ2v) is 5.23. The molecule has 1 aliphatic carbocycles. The van der Waals surface area contributed by atoms with E-state index in [1.54, 1.807) is 0 Å². The van der Waals surface area contributed by atoms with Crippen LogP contribution in [0.15, 0.2) is 18.2 Å². The smallest absolute Gasteiger partial charge is 0.251 e. The Balaban J connectivity index is 1.73. The first-order valence-electron chi connectivity index (χ1n) is 6.89. The van der Waals surface area contributed by atoms with E-state index in [0.717, 1.165) is 43.6 Å². The number of carbonyl (C=O) groups is 1. The molecule has 0 spiro atoms. The van der Waals surface area contributed by atoms with Crippen molar-refractivity contribution in [2.45, 2.75) is 44.6 Å². The Morgan fingerprint density at radius 1 is 1.22 bits per heavy atom. The van der Waals surface area contributed by atoms with Crippen LogP contribution >= 0.6 is 0 Å². The molecule has 0 saturated heterocycles. The van der Waals surface area contributed by atoms with Gasteiger partial charge in [0, 0.05) is 11.6 Å². The molecule has 0 bridgehead atoms. The SMILES string of the molecule is O=C(NC1CCCC1)c1ccc2c(c1)CCCO2. The Morgan fingerprint density at radius 2 is 2.06 bits per heavy atom. The van der Waals surface area contributed by atoms with Gasteiger partial charge in [-0.2, -0.15) is 0 Å². The van der Waals surface area contributed by atoms with Gasteiger partial charge in [-0.15, -0.1) is 0 Å². The normalized spacial score (nSPS) is 19.1. The minimum absolute atomic E-state index is 0.0651. The molecule has 1 fully saturated rings. The molecule has 1 saturated carbocycles. The zero-order chi connectivity index (χ0) is 12.4. The third kappa shape index (κ3) is 2.35. The summed E-state index contributed by atoms with van der Waals surface area (Å²) in [5.74, 6) is 1.01. The van der Waals surface area contributed by atoms with Crippen molar-refractivity contribution in [2.75, 3.05) is 6.61 Å². The molecule has 1 N–H and O–H groups in total. The molecule has 1 aliphatic heterocycles. The fourth-order valence-corrected chi connectivity index (χ4v) is 2.84. The minimum atomic E-state index is 0.0651. The predicted molar refractivity (Wildman–Crippen MR) is 70.0 cm³/mol. The van der Waals surface area contributed by atoms with Crippen molar-refractivity contribution in [3.63, 3.8) is 0 Å². The molecule has 0 aromatic heterocycles. The lowest BCUT2D eigenvalue weighted by molar-refractivity contribution is 0.0937. The average molecular weight is 245 g/mol. The van der Waals surface area contributed by atoms with E-state index >= 15 is 0 Å². The van der Waals surface area contributed by atoms with Crippen molar-refractivity contribution < 1.29 is 9.53 Å². The number of nitrogens with one attached hydrogen (secondary N) is 1. The number of carbonyl (C=O) groups excluding carboxylic acids is 1. The number of fused-ring (bicyclic) bond motifs is 1. The number of hydrogen-bond acceptors (Lipinski definition) is 2. The maximum atomic E-state index is 12.1. The topological polar surface area (TPSA) is 38.3 Å². The van der Waals surface area contributed by atoms with E-state index in [0.29, 0.717) is 6.04 Å². The van der Waals surface area contributed by atoms with E-state index in [-0.39, 0.29) is 5.91 Å². The zero-order valence-corrected chi connectivity index (χ0v) is 10.6. The van der Waals surface area contributed by atoms with Gasteiger partial charge in [0.15, 0.2) is 0 Å². The Hall–Kier alpha value is -1.51. The maximum absolute atomic E-state index is 12.1. The van der Waals surface area contributed by atoms with E-state index < -0.39 is 0 Å². The first kappa shape index (κ1) is 11.6. The highest BCUT2D eigenvalue weighted by Gasteiger charge is 2.19. The molecule has 1 aromatic rings. The summed E-state index contributed by atoms with van der Waals surface area (Å²) < 4.78 is 5.56. The summed E-state index contributed by atoms with van der Waals surface area (Å²) in [5.41, 5.74) is 1.94. The molecule has 18 heavy (non-hydrogen) atoms. The van der Waals surface area contributed by atoms with E-state index in [9.17, 15) is 4.79 Å². The van der Waals surface area contributed by atoms with E-state index in [1.165, 1.54) is 18.4 Å². The highest BCUT2D eigenvalue weighted by molar-refractivity contribution is 5.94. The molecule has 1 heterocycles. The zero-order valence-electron chi connectivity index (χ0n) is 10.6. The number of benzene rings is 1. The Bertz CT molecular complexity index is 450. The van der Waals surface area contributed by atoms with Gasteiger partial charge in [0.1, 0.15) is 5.75 Å². The van der Waals surface area contributed by atoms with Crippen LogP contribution in [-0.2, 0) is 6.42 Å². The Kier molecular flexibility index (Phi) is 3.22. The number of rotatable bonds is 2. The predicted octanol–water partition coefficient (Wildman–Crippen LogP) is 2.68. The third-order valence-corrected chi connectivity index (χ3v) is 3.86. The molecule has 1 aromatic carbocycles. The standard InChI is InChI=1S/C15H19NO2/c17-15(16-13-5-1-2-6-13)12-7-8-14-11(10-12)4-3-9-18-14/h7-8,10,13H,1-6,9H2,(H,16,17). The molecule has 3 rings (SSSR count). The second kappa shape index (κ2) is 5.01. The van der Waals surface area contributed by atoms with Crippen LogP contribution in [0.5, 0.6) is 5.75 Å². The van der Waals surface area contributed by atoms with Crippen LogP contribution in [0, 0.1) is 0 Å². The van der Waals surface area contributed by atoms with Crippen molar-refractivity contribution in [3.05, 3.63) is 29.3 Å². The minimum Gasteiger partial charge on any atom is -0.493 e. The van der Waals surface area contributed by atoms with Gasteiger partial charge in [-0.1, -0.05) is 12.8 Å². The molecule has 3 nitrogen and oxygen atoms in total. The van der Waals surface area contributed by atoms with Gasteiger partial charge in [-0.3, -0.25) is 4.79 Å². The average Bonchev–Trinajstić information content (AvgIpc) is 2.91. The third-order valence-electron chi connectivity index (χ3n) is 3.86. The second-order valence-electron chi connectivity index (χ2n) is 5.23. The van der Waals surface area contributed by atoms with Crippen LogP contribution in [0.1, 0.15) is 48.0 Å². The van der Waals surface area contributed by atoms with Crippen LogP contribution < -0.4 is 10.1 Å². The summed E-state index contributed by atoms with van der Waals surface area (Å²) >= 11 is 0. The van der Waals surface area contributed by atoms with Gasteiger partial charge in [-0.05, 0) is 49.4 Å². The highest BCUT2D eigenvalue weighted by atomic mass is 16.5. The van der Waals surface area contributed by atoms with Crippen LogP contribution in [0.25, 0.3) is 0 Å². The quantitative estimate of drug-likeness (QED) is 0.870. The molecule has 0 atom stereocenters. The molecule has 3 heteroatoms. The van der Waals surface area contributed by atoms with Crippen molar-refractivity contribution in [1.82, 2.24) is 5.32 Å². The summed E-state index contributed by atoms with van der Waals surface area (Å²) in [4.78, 5) is 12.1. The lowest BCUT2D eigenvalue weighted by Gasteiger charge is -2.18. The van der Waals surface area contributed by atoms with Crippen LogP contribution in [0.2, 0.25) is 0 Å². The summed E-state index contributed by atoms with van der Waals surface area (Å²) in [6.45, 7) is 0.792. The number of amides is 1. The summed E-state index contributed by atoms with van der Waals surface area (Å²) in [7, 11) is 0. The lowest BCUT2D eigenvalue weighted by Crippen LogP contribution is -2.32. The largest absolute Gasteiger partial charge is 0.493 e. The summed E-state index contributed by atoms with van der Waals surface area (Å²) in [6, 6.07) is 6.16. The van der Waals surface area contributed by atoms with Gasteiger partial charge in [0.05, 0.1) is 6.61 Å². The van der Waals surface area contributed by atoms with Crippen LogP contribution in [-0.4, -0.2) is 18.6 Å². The number of aryl methyl sites for hydroxylation is 1. The van der Waals surface area contributed by atoms with Crippen molar-refractivity contribution in [3.8, 4) is 5.75 Å². The number of ether oxygens (including phenoxy) is 1. The fourth-order valence-electron chi connectivity index (χ4n) is 2.84. The molecular weight excluding hydrogens is 226 g/mol. The van der Waals surface area contributed by atoms with E-state index in [2.05, 4.69) is 5.32 Å². The summed E-state index contributed by atoms with van der Waals surface area (Å²) in [5, 5.41) is 3.12. The fraction of sp³-hybridized carbons (Fsp3) is 0.533. The van der Waals surface area contributed by atoms with Crippen molar-refractivity contribution >= 4 is 5.91 Å². The van der Waals surface area contributed by atoms with Gasteiger partial charge in [-0.25, -0.2) is 0 Å². The van der Waals surface area contributed by atoms with Gasteiger partial charge < -0.3 is 10.1 Å². The van der Waals surface area contributed by atoms with Gasteiger partial charge in [0.2, 0.25) is 0 Å².